The second kappa shape index (κ2) is 15.2. The fraction of sp³-hybridized carbons (Fsp3) is 0.324. The van der Waals surface area contributed by atoms with Gasteiger partial charge in [0.2, 0.25) is 5.91 Å². The van der Waals surface area contributed by atoms with Crippen molar-refractivity contribution in [2.24, 2.45) is 5.41 Å². The van der Waals surface area contributed by atoms with Crippen LogP contribution in [0.2, 0.25) is 0 Å². The van der Waals surface area contributed by atoms with Crippen LogP contribution >= 0.6 is 0 Å². The van der Waals surface area contributed by atoms with Crippen molar-refractivity contribution in [1.82, 2.24) is 9.88 Å². The van der Waals surface area contributed by atoms with Crippen LogP contribution in [0.5, 0.6) is 5.75 Å². The summed E-state index contributed by atoms with van der Waals surface area (Å²) in [6, 6.07) is 17.4. The lowest BCUT2D eigenvalue weighted by molar-refractivity contribution is -0.192. The van der Waals surface area contributed by atoms with Crippen molar-refractivity contribution in [1.29, 1.82) is 5.26 Å². The molecule has 1 aromatic heterocycles. The summed E-state index contributed by atoms with van der Waals surface area (Å²) in [6.45, 7) is 3.98. The van der Waals surface area contributed by atoms with Gasteiger partial charge in [0.15, 0.2) is 11.6 Å². The molecule has 2 aliphatic heterocycles. The van der Waals surface area contributed by atoms with Crippen molar-refractivity contribution in [3.63, 3.8) is 0 Å². The first-order valence-electron chi connectivity index (χ1n) is 16.4. The molecule has 53 heavy (non-hydrogen) atoms. The number of aryl methyl sites for hydroxylation is 1. The number of carboxylic acid groups (broad SMARTS) is 1. The Morgan fingerprint density at radius 1 is 1.19 bits per heavy atom. The average molecular weight is 737 g/mol. The van der Waals surface area contributed by atoms with E-state index in [1.165, 1.54) is 4.90 Å². The first-order valence-corrected chi connectivity index (χ1v) is 16.4. The minimum atomic E-state index is -5.08. The van der Waals surface area contributed by atoms with Gasteiger partial charge >= 0.3 is 18.2 Å². The van der Waals surface area contributed by atoms with E-state index in [4.69, 9.17) is 25.1 Å². The van der Waals surface area contributed by atoms with E-state index in [2.05, 4.69) is 21.7 Å². The van der Waals surface area contributed by atoms with Crippen LogP contribution in [0.1, 0.15) is 54.0 Å². The molecule has 3 aliphatic rings. The van der Waals surface area contributed by atoms with Crippen LogP contribution in [0.4, 0.5) is 39.5 Å². The number of carbonyl (C=O) groups is 3. The predicted molar refractivity (Wildman–Crippen MR) is 186 cm³/mol. The molecule has 5 N–H and O–H groups in total. The van der Waals surface area contributed by atoms with Gasteiger partial charge in [-0.1, -0.05) is 25.1 Å². The normalized spacial score (nSPS) is 18.2. The van der Waals surface area contributed by atoms with Gasteiger partial charge in [-0.2, -0.15) is 18.4 Å². The van der Waals surface area contributed by atoms with Crippen molar-refractivity contribution < 1.29 is 46.5 Å². The molecular formula is C37H36F4N6O6. The van der Waals surface area contributed by atoms with E-state index in [0.717, 1.165) is 33.5 Å². The Bertz CT molecular complexity index is 2100. The Labute approximate surface area is 301 Å². The Morgan fingerprint density at radius 2 is 1.91 bits per heavy atom. The molecule has 7 rings (SSSR count). The van der Waals surface area contributed by atoms with Gasteiger partial charge in [0.25, 0.3) is 0 Å². The van der Waals surface area contributed by atoms with Crippen LogP contribution in [0.25, 0.3) is 10.8 Å². The number of benzene rings is 3. The molecule has 3 aromatic carbocycles. The fourth-order valence-electron chi connectivity index (χ4n) is 5.83. The van der Waals surface area contributed by atoms with Crippen LogP contribution in [0.3, 0.4) is 0 Å². The number of halogens is 4. The Morgan fingerprint density at radius 3 is 2.55 bits per heavy atom. The fourth-order valence-corrected chi connectivity index (χ4v) is 5.83. The van der Waals surface area contributed by atoms with E-state index in [1.807, 2.05) is 56.3 Å². The first kappa shape index (κ1) is 38.1. The Balaban J connectivity index is 0.000000705. The van der Waals surface area contributed by atoms with E-state index in [9.17, 15) is 28.0 Å². The number of amides is 2. The summed E-state index contributed by atoms with van der Waals surface area (Å²) < 4.78 is 58.7. The third-order valence-corrected chi connectivity index (χ3v) is 8.95. The third kappa shape index (κ3) is 9.04. The zero-order valence-corrected chi connectivity index (χ0v) is 28.9. The van der Waals surface area contributed by atoms with Gasteiger partial charge in [-0.05, 0) is 72.2 Å². The highest BCUT2D eigenvalue weighted by atomic mass is 19.4. The molecule has 2 atom stereocenters. The molecule has 278 valence electrons. The van der Waals surface area contributed by atoms with Gasteiger partial charge < -0.3 is 30.5 Å². The number of anilines is 3. The molecule has 16 heteroatoms. The van der Waals surface area contributed by atoms with E-state index < -0.39 is 35.5 Å². The van der Waals surface area contributed by atoms with E-state index >= 15 is 4.39 Å². The number of rotatable bonds is 5. The van der Waals surface area contributed by atoms with Gasteiger partial charge in [-0.3, -0.25) is 10.1 Å². The van der Waals surface area contributed by atoms with Gasteiger partial charge in [-0.15, -0.1) is 0 Å². The van der Waals surface area contributed by atoms with Crippen LogP contribution in [-0.2, 0) is 20.9 Å². The molecular weight excluding hydrogens is 700 g/mol. The van der Waals surface area contributed by atoms with Crippen molar-refractivity contribution in [3.05, 3.63) is 88.9 Å². The highest BCUT2D eigenvalue weighted by Crippen LogP contribution is 2.45. The summed E-state index contributed by atoms with van der Waals surface area (Å²) in [5.41, 5.74) is 9.25. The van der Waals surface area contributed by atoms with Gasteiger partial charge in [0, 0.05) is 54.1 Å². The maximum absolute atomic E-state index is 15.6. The number of aromatic nitrogens is 1. The topological polar surface area (TPSA) is 180 Å². The largest absolute Gasteiger partial charge is 0.490 e. The summed E-state index contributed by atoms with van der Waals surface area (Å²) in [5.74, 6) is -3.55. The van der Waals surface area contributed by atoms with Crippen molar-refractivity contribution in [2.45, 2.75) is 51.4 Å². The number of nitriles is 1. The predicted octanol–water partition coefficient (Wildman–Crippen LogP) is 7.06. The highest BCUT2D eigenvalue weighted by Gasteiger charge is 2.44. The summed E-state index contributed by atoms with van der Waals surface area (Å²) in [6.07, 6.45) is -2.83. The molecule has 4 aromatic rings. The number of nitrogens with one attached hydrogen (secondary N) is 2. The van der Waals surface area contributed by atoms with Gasteiger partial charge in [-0.25, -0.2) is 19.0 Å². The molecule has 0 unspecified atom stereocenters. The first-order chi connectivity index (χ1) is 25.0. The Kier molecular flexibility index (Phi) is 11.0. The minimum Gasteiger partial charge on any atom is -0.488 e. The second-order valence-electron chi connectivity index (χ2n) is 13.1. The third-order valence-electron chi connectivity index (χ3n) is 8.95. The monoisotopic (exact) mass is 736 g/mol. The minimum absolute atomic E-state index is 0.0234. The van der Waals surface area contributed by atoms with E-state index in [1.54, 1.807) is 19.3 Å². The number of alkyl halides is 3. The Hall–Kier alpha value is -6.11. The average Bonchev–Trinajstić information content (AvgIpc) is 3.88. The number of pyridine rings is 1. The number of aliphatic carboxylic acids is 1. The number of hydrogen-bond acceptors (Lipinski definition) is 9. The van der Waals surface area contributed by atoms with Crippen molar-refractivity contribution in [3.8, 4) is 11.8 Å². The standard InChI is InChI=1S/C35H35FN6O4.C2HF3O2/c1-20-12-23-4-6-27(20)21(2)17-45-34(44)41-26-14-24(31(29(36)15-26)46-19-35(18-37)9-10-35)16-42(3)33(43)30(23)40-25-5-7-28-22(13-25)8-11-39-32(28)38;3-2(4,5)1(6)7/h4-8,11-15,21,30,40H,9-10,16-17,19H2,1-3H3,(H2,38,39)(H,41,44);(H,6,7)/t21-,30+;/m0./s1. The summed E-state index contributed by atoms with van der Waals surface area (Å²) >= 11 is 0. The summed E-state index contributed by atoms with van der Waals surface area (Å²) in [7, 11) is 1.63. The number of likely N-dealkylation sites (N-methyl/N-ethyl adjacent to an activating group) is 1. The summed E-state index contributed by atoms with van der Waals surface area (Å²) in [4.78, 5) is 41.5. The summed E-state index contributed by atoms with van der Waals surface area (Å²) in [5, 5.41) is 24.4. The maximum Gasteiger partial charge on any atom is 0.490 e. The molecule has 2 amide bonds. The molecule has 12 nitrogen and oxygen atoms in total. The smallest absolute Gasteiger partial charge is 0.488 e. The SMILES string of the molecule is Cc1cc2ccc1[C@@H](C)COC(=O)Nc1cc(F)c(OCC3(C#N)CC3)c(c1)CN(C)C(=O)[C@@H]2Nc1ccc2c(N)nccc2c1.O=C(O)C(F)(F)F. The molecule has 0 spiro atoms. The lowest BCUT2D eigenvalue weighted by Gasteiger charge is -2.28. The number of fused-ring (bicyclic) bond motifs is 10. The lowest BCUT2D eigenvalue weighted by Crippen LogP contribution is -2.35. The van der Waals surface area contributed by atoms with Crippen molar-refractivity contribution >= 4 is 45.9 Å². The number of carboxylic acids is 1. The number of nitrogens with zero attached hydrogens (tertiary/aromatic N) is 3. The van der Waals surface area contributed by atoms with Crippen LogP contribution in [-0.4, -0.2) is 59.4 Å². The number of ether oxygens (including phenoxy) is 2. The van der Waals surface area contributed by atoms with Crippen molar-refractivity contribution in [2.75, 3.05) is 36.6 Å². The number of nitrogens with two attached hydrogens (primary N) is 1. The molecule has 0 saturated heterocycles. The van der Waals surface area contributed by atoms with Crippen LogP contribution in [0.15, 0.2) is 60.8 Å². The molecule has 1 fully saturated rings. The number of hydrogen-bond donors (Lipinski definition) is 4. The maximum atomic E-state index is 15.6. The van der Waals surface area contributed by atoms with E-state index in [-0.39, 0.29) is 43.0 Å². The number of carbonyl (C=O) groups excluding carboxylic acids is 2. The molecule has 1 aliphatic carbocycles. The van der Waals surface area contributed by atoms with Crippen LogP contribution < -0.4 is 21.1 Å². The second-order valence-corrected chi connectivity index (χ2v) is 13.1. The van der Waals surface area contributed by atoms with Crippen LogP contribution in [0, 0.1) is 29.5 Å². The molecule has 1 saturated carbocycles. The van der Waals surface area contributed by atoms with Gasteiger partial charge in [0.05, 0.1) is 18.1 Å². The highest BCUT2D eigenvalue weighted by molar-refractivity contribution is 5.94. The molecule has 4 bridgehead atoms. The van der Waals surface area contributed by atoms with Gasteiger partial charge in [0.1, 0.15) is 18.5 Å². The lowest BCUT2D eigenvalue weighted by atomic mass is 9.93. The zero-order valence-electron chi connectivity index (χ0n) is 28.9. The quantitative estimate of drug-likeness (QED) is 0.155. The number of nitrogen functional groups attached to an aromatic ring is 1. The zero-order chi connectivity index (χ0) is 38.7. The molecule has 3 heterocycles. The molecule has 0 radical (unpaired) electrons. The van der Waals surface area contributed by atoms with E-state index in [0.29, 0.717) is 29.9 Å².